The van der Waals surface area contributed by atoms with Crippen LogP contribution in [0.4, 0.5) is 0 Å². The molecular weight excluding hydrogens is 592 g/mol. The number of hydrogen-bond acceptors (Lipinski definition) is 13. The third-order valence-corrected chi connectivity index (χ3v) is 5.59. The molecule has 0 radical (unpaired) electrons. The molecule has 248 valence electrons. The summed E-state index contributed by atoms with van der Waals surface area (Å²) < 4.78 is 35.8. The first-order valence-electron chi connectivity index (χ1n) is 14.3. The fourth-order valence-corrected chi connectivity index (χ4v) is 3.25. The number of Topliss-reactive ketones (excluding diaryl/α,β-unsaturated/α-hetero) is 1. The summed E-state index contributed by atoms with van der Waals surface area (Å²) in [7, 11) is 0. The molecule has 0 N–H and O–H groups in total. The van der Waals surface area contributed by atoms with Gasteiger partial charge in [-0.15, -0.1) is 0 Å². The Morgan fingerprint density at radius 2 is 1.11 bits per heavy atom. The number of rotatable bonds is 22. The van der Waals surface area contributed by atoms with E-state index in [1.807, 2.05) is 0 Å². The summed E-state index contributed by atoms with van der Waals surface area (Å²) in [5, 5.41) is 0. The van der Waals surface area contributed by atoms with Crippen LogP contribution in [-0.4, -0.2) is 87.5 Å². The lowest BCUT2D eigenvalue weighted by Gasteiger charge is -2.23. The summed E-state index contributed by atoms with van der Waals surface area (Å²) >= 11 is 0. The second-order valence-corrected chi connectivity index (χ2v) is 10.2. The molecule has 0 atom stereocenters. The molecule has 0 saturated heterocycles. The van der Waals surface area contributed by atoms with E-state index >= 15 is 0 Å². The zero-order valence-corrected chi connectivity index (χ0v) is 26.3. The van der Waals surface area contributed by atoms with E-state index < -0.39 is 41.2 Å². The third kappa shape index (κ3) is 16.8. The molecule has 1 aromatic rings. The molecular formula is C32H42O13. The minimum atomic E-state index is -1.49. The standard InChI is InChI=1S/C32H42O13/c1-22(2)30(37)43-20-18-41-26(33)8-7-15-39-16-17-40-25-11-9-24(10-12-25)29(36)32(5,6)45-28(35)14-13-27(34)42-19-21-44-31(38)23(3)4/h9-12H,1,3,7-8,13-21H2,2,4-6H3. The van der Waals surface area contributed by atoms with Gasteiger partial charge in [0.25, 0.3) is 0 Å². The molecule has 0 aromatic heterocycles. The molecule has 0 fully saturated rings. The largest absolute Gasteiger partial charge is 0.491 e. The second-order valence-electron chi connectivity index (χ2n) is 10.2. The van der Waals surface area contributed by atoms with Crippen molar-refractivity contribution in [2.75, 3.05) is 46.2 Å². The van der Waals surface area contributed by atoms with Gasteiger partial charge in [-0.2, -0.15) is 0 Å². The van der Waals surface area contributed by atoms with Gasteiger partial charge in [-0.25, -0.2) is 9.59 Å². The maximum atomic E-state index is 12.9. The number of carbonyl (C=O) groups is 6. The molecule has 1 aromatic carbocycles. The number of ketones is 1. The van der Waals surface area contributed by atoms with Crippen molar-refractivity contribution in [1.82, 2.24) is 0 Å². The maximum Gasteiger partial charge on any atom is 0.333 e. The fraction of sp³-hybridized carbons (Fsp3) is 0.500. The smallest absolute Gasteiger partial charge is 0.333 e. The number of benzene rings is 1. The van der Waals surface area contributed by atoms with Crippen LogP contribution in [0.1, 0.15) is 63.7 Å². The van der Waals surface area contributed by atoms with Gasteiger partial charge in [0.2, 0.25) is 5.78 Å². The van der Waals surface area contributed by atoms with Crippen LogP contribution in [-0.2, 0) is 52.4 Å². The summed E-state index contributed by atoms with van der Waals surface area (Å²) in [4.78, 5) is 71.2. The van der Waals surface area contributed by atoms with Crippen molar-refractivity contribution in [2.45, 2.75) is 59.0 Å². The first-order valence-corrected chi connectivity index (χ1v) is 14.3. The number of carbonyl (C=O) groups excluding carboxylic acids is 6. The van der Waals surface area contributed by atoms with Crippen LogP contribution in [0, 0.1) is 0 Å². The Kier molecular flexibility index (Phi) is 17.5. The maximum absolute atomic E-state index is 12.9. The average Bonchev–Trinajstić information content (AvgIpc) is 2.99. The molecule has 13 nitrogen and oxygen atoms in total. The van der Waals surface area contributed by atoms with Crippen molar-refractivity contribution >= 4 is 35.6 Å². The monoisotopic (exact) mass is 634 g/mol. The SMILES string of the molecule is C=C(C)C(=O)OCCOC(=O)CCCOCCOc1ccc(C(=O)C(C)(C)OC(=O)CCC(=O)OCCOC(=O)C(=C)C)cc1. The third-order valence-electron chi connectivity index (χ3n) is 5.59. The predicted octanol–water partition coefficient (Wildman–Crippen LogP) is 3.47. The quantitative estimate of drug-likeness (QED) is 0.0598. The molecule has 0 aliphatic heterocycles. The van der Waals surface area contributed by atoms with Gasteiger partial charge in [-0.1, -0.05) is 13.2 Å². The van der Waals surface area contributed by atoms with Crippen molar-refractivity contribution in [3.8, 4) is 5.75 Å². The Labute approximate surface area is 262 Å². The molecule has 0 unspecified atom stereocenters. The van der Waals surface area contributed by atoms with Crippen molar-refractivity contribution < 1.29 is 61.9 Å². The zero-order valence-electron chi connectivity index (χ0n) is 26.3. The fourth-order valence-electron chi connectivity index (χ4n) is 3.25. The second kappa shape index (κ2) is 20.4. The first kappa shape index (κ1) is 38.5. The molecule has 0 amide bonds. The number of hydrogen-bond donors (Lipinski definition) is 0. The van der Waals surface area contributed by atoms with Gasteiger partial charge < -0.3 is 33.2 Å². The lowest BCUT2D eigenvalue weighted by atomic mass is 9.96. The van der Waals surface area contributed by atoms with Crippen LogP contribution >= 0.6 is 0 Å². The van der Waals surface area contributed by atoms with Gasteiger partial charge in [-0.05, 0) is 58.4 Å². The molecule has 0 bridgehead atoms. The Hall–Kier alpha value is -4.52. The van der Waals surface area contributed by atoms with Crippen molar-refractivity contribution in [3.63, 3.8) is 0 Å². The average molecular weight is 635 g/mol. The topological polar surface area (TPSA) is 167 Å². The molecule has 45 heavy (non-hydrogen) atoms. The summed E-state index contributed by atoms with van der Waals surface area (Å²) in [6.45, 7) is 13.2. The lowest BCUT2D eigenvalue weighted by Crippen LogP contribution is -2.37. The number of esters is 5. The van der Waals surface area contributed by atoms with Crippen LogP contribution in [0.15, 0.2) is 48.6 Å². The molecule has 0 aliphatic rings. The Morgan fingerprint density at radius 1 is 0.622 bits per heavy atom. The van der Waals surface area contributed by atoms with Gasteiger partial charge in [0.1, 0.15) is 38.8 Å². The Bertz CT molecular complexity index is 1200. The van der Waals surface area contributed by atoms with E-state index in [0.717, 1.165) is 0 Å². The van der Waals surface area contributed by atoms with Gasteiger partial charge in [-0.3, -0.25) is 19.2 Å². The van der Waals surface area contributed by atoms with E-state index in [1.54, 1.807) is 12.1 Å². The summed E-state index contributed by atoms with van der Waals surface area (Å²) in [5.74, 6) is -2.95. The van der Waals surface area contributed by atoms with Gasteiger partial charge >= 0.3 is 29.8 Å². The first-order chi connectivity index (χ1) is 21.2. The van der Waals surface area contributed by atoms with E-state index in [1.165, 1.54) is 39.8 Å². The molecule has 0 spiro atoms. The van der Waals surface area contributed by atoms with Crippen molar-refractivity contribution in [3.05, 3.63) is 54.1 Å². The molecule has 0 aliphatic carbocycles. The van der Waals surface area contributed by atoms with Gasteiger partial charge in [0.05, 0.1) is 19.4 Å². The van der Waals surface area contributed by atoms with Crippen LogP contribution in [0.5, 0.6) is 5.75 Å². The molecule has 0 saturated carbocycles. The highest BCUT2D eigenvalue weighted by molar-refractivity contribution is 6.03. The van der Waals surface area contributed by atoms with Crippen molar-refractivity contribution in [1.29, 1.82) is 0 Å². The minimum Gasteiger partial charge on any atom is -0.491 e. The van der Waals surface area contributed by atoms with Gasteiger partial charge in [0.15, 0.2) is 5.60 Å². The molecule has 0 heterocycles. The van der Waals surface area contributed by atoms with E-state index in [2.05, 4.69) is 13.2 Å². The summed E-state index contributed by atoms with van der Waals surface area (Å²) in [5.41, 5.74) is -0.706. The van der Waals surface area contributed by atoms with Crippen LogP contribution in [0.25, 0.3) is 0 Å². The van der Waals surface area contributed by atoms with Crippen LogP contribution in [0.2, 0.25) is 0 Å². The Balaban J connectivity index is 2.26. The highest BCUT2D eigenvalue weighted by Crippen LogP contribution is 2.21. The predicted molar refractivity (Wildman–Crippen MR) is 159 cm³/mol. The summed E-state index contributed by atoms with van der Waals surface area (Å²) in [6.07, 6.45) is 0.0325. The van der Waals surface area contributed by atoms with Crippen LogP contribution in [0.3, 0.4) is 0 Å². The van der Waals surface area contributed by atoms with Crippen molar-refractivity contribution in [2.24, 2.45) is 0 Å². The zero-order chi connectivity index (χ0) is 33.8. The molecule has 1 rings (SSSR count). The normalized spacial score (nSPS) is 10.7. The highest BCUT2D eigenvalue weighted by atomic mass is 16.6. The van der Waals surface area contributed by atoms with E-state index in [4.69, 9.17) is 33.2 Å². The Morgan fingerprint density at radius 3 is 1.64 bits per heavy atom. The lowest BCUT2D eigenvalue weighted by molar-refractivity contribution is -0.157. The van der Waals surface area contributed by atoms with E-state index in [-0.39, 0.29) is 70.0 Å². The molecule has 13 heteroatoms. The number of ether oxygens (including phenoxy) is 7. The van der Waals surface area contributed by atoms with E-state index in [9.17, 15) is 28.8 Å². The van der Waals surface area contributed by atoms with Crippen LogP contribution < -0.4 is 4.74 Å². The van der Waals surface area contributed by atoms with E-state index in [0.29, 0.717) is 24.3 Å². The summed E-state index contributed by atoms with van der Waals surface area (Å²) in [6, 6.07) is 6.27. The van der Waals surface area contributed by atoms with Gasteiger partial charge in [0, 0.05) is 29.7 Å². The highest BCUT2D eigenvalue weighted by Gasteiger charge is 2.33. The minimum absolute atomic E-state index is 0.0301.